The number of hydrogen-bond acceptors (Lipinski definition) is 3. The number of nitrogens with zero attached hydrogens (tertiary/aromatic N) is 1. The molecule has 3 aromatic rings. The second-order valence-corrected chi connectivity index (χ2v) is 4.62. The number of amides is 1. The van der Waals surface area contributed by atoms with Crippen molar-refractivity contribution in [1.82, 2.24) is 4.98 Å². The van der Waals surface area contributed by atoms with Gasteiger partial charge in [-0.15, -0.1) is 0 Å². The molecule has 1 N–H and O–H groups in total. The first-order chi connectivity index (χ1) is 8.84. The lowest BCUT2D eigenvalue weighted by atomic mass is 10.1. The maximum absolute atomic E-state index is 12.0. The number of rotatable bonds is 2. The van der Waals surface area contributed by atoms with Gasteiger partial charge in [0, 0.05) is 17.0 Å². The number of pyridine rings is 1. The van der Waals surface area contributed by atoms with Gasteiger partial charge in [0.25, 0.3) is 5.91 Å². The molecule has 0 saturated heterocycles. The van der Waals surface area contributed by atoms with E-state index in [2.05, 4.69) is 10.3 Å². The monoisotopic (exact) mass is 254 g/mol. The van der Waals surface area contributed by atoms with Gasteiger partial charge in [-0.3, -0.25) is 9.78 Å². The van der Waals surface area contributed by atoms with Crippen molar-refractivity contribution in [1.29, 1.82) is 0 Å². The maximum atomic E-state index is 12.0. The average Bonchev–Trinajstić information content (AvgIpc) is 2.93. The summed E-state index contributed by atoms with van der Waals surface area (Å²) >= 11 is 1.51. The molecule has 0 bridgehead atoms. The molecule has 18 heavy (non-hydrogen) atoms. The zero-order chi connectivity index (χ0) is 12.4. The van der Waals surface area contributed by atoms with E-state index in [0.29, 0.717) is 5.56 Å². The van der Waals surface area contributed by atoms with E-state index >= 15 is 0 Å². The third kappa shape index (κ3) is 1.98. The first-order valence-electron chi connectivity index (χ1n) is 5.52. The van der Waals surface area contributed by atoms with E-state index in [1.54, 1.807) is 6.20 Å². The number of benzene rings is 1. The zero-order valence-corrected chi connectivity index (χ0v) is 10.3. The fourth-order valence-electron chi connectivity index (χ4n) is 1.80. The molecule has 0 saturated carbocycles. The highest BCUT2D eigenvalue weighted by Gasteiger charge is 2.08. The van der Waals surface area contributed by atoms with Gasteiger partial charge in [0.05, 0.1) is 16.8 Å². The molecule has 3 rings (SSSR count). The number of hydrogen-bond donors (Lipinski definition) is 1. The molecule has 0 aliphatic carbocycles. The highest BCUT2D eigenvalue weighted by Crippen LogP contribution is 2.22. The minimum atomic E-state index is -0.0902. The number of thiophene rings is 1. The Hall–Kier alpha value is -2.20. The molecule has 88 valence electrons. The topological polar surface area (TPSA) is 42.0 Å². The van der Waals surface area contributed by atoms with Crippen molar-refractivity contribution < 1.29 is 4.79 Å². The Kier molecular flexibility index (Phi) is 2.78. The molecule has 0 atom stereocenters. The molecule has 0 radical (unpaired) electrons. The molecule has 2 heterocycles. The normalized spacial score (nSPS) is 10.4. The van der Waals surface area contributed by atoms with E-state index in [1.807, 2.05) is 47.2 Å². The minimum Gasteiger partial charge on any atom is -0.321 e. The summed E-state index contributed by atoms with van der Waals surface area (Å²) in [4.78, 5) is 16.3. The van der Waals surface area contributed by atoms with Gasteiger partial charge >= 0.3 is 0 Å². The van der Waals surface area contributed by atoms with Gasteiger partial charge in [-0.25, -0.2) is 0 Å². The number of anilines is 1. The van der Waals surface area contributed by atoms with Crippen LogP contribution in [-0.2, 0) is 0 Å². The second kappa shape index (κ2) is 4.58. The highest BCUT2D eigenvalue weighted by molar-refractivity contribution is 7.08. The molecule has 2 aromatic heterocycles. The summed E-state index contributed by atoms with van der Waals surface area (Å²) in [7, 11) is 0. The van der Waals surface area contributed by atoms with Crippen LogP contribution in [0.15, 0.2) is 53.4 Å². The van der Waals surface area contributed by atoms with Crippen LogP contribution in [0.2, 0.25) is 0 Å². The van der Waals surface area contributed by atoms with E-state index in [0.717, 1.165) is 16.6 Å². The smallest absolute Gasteiger partial charge is 0.256 e. The number of fused-ring (bicyclic) bond motifs is 1. The van der Waals surface area contributed by atoms with Crippen molar-refractivity contribution in [3.63, 3.8) is 0 Å². The minimum absolute atomic E-state index is 0.0902. The van der Waals surface area contributed by atoms with Crippen LogP contribution in [0.3, 0.4) is 0 Å². The Morgan fingerprint density at radius 3 is 2.94 bits per heavy atom. The fourth-order valence-corrected chi connectivity index (χ4v) is 2.44. The Morgan fingerprint density at radius 1 is 1.17 bits per heavy atom. The summed E-state index contributed by atoms with van der Waals surface area (Å²) in [5.41, 5.74) is 2.35. The molecular weight excluding hydrogens is 244 g/mol. The van der Waals surface area contributed by atoms with E-state index < -0.39 is 0 Å². The first kappa shape index (κ1) is 10.9. The quantitative estimate of drug-likeness (QED) is 0.760. The van der Waals surface area contributed by atoms with Crippen molar-refractivity contribution in [2.45, 2.75) is 0 Å². The highest BCUT2D eigenvalue weighted by atomic mass is 32.1. The first-order valence-corrected chi connectivity index (χ1v) is 6.46. The molecule has 4 heteroatoms. The predicted octanol–water partition coefficient (Wildman–Crippen LogP) is 3.55. The molecule has 1 amide bonds. The Labute approximate surface area is 108 Å². The Bertz CT molecular complexity index is 687. The SMILES string of the molecule is O=C(Nc1cccc2ncccc12)c1ccsc1. The molecular formula is C14H10N2OS. The van der Waals surface area contributed by atoms with Crippen LogP contribution >= 0.6 is 11.3 Å². The second-order valence-electron chi connectivity index (χ2n) is 3.84. The summed E-state index contributed by atoms with van der Waals surface area (Å²) < 4.78 is 0. The van der Waals surface area contributed by atoms with E-state index in [-0.39, 0.29) is 5.91 Å². The molecule has 0 fully saturated rings. The molecule has 0 spiro atoms. The van der Waals surface area contributed by atoms with Crippen LogP contribution in [0.5, 0.6) is 0 Å². The largest absolute Gasteiger partial charge is 0.321 e. The summed E-state index contributed by atoms with van der Waals surface area (Å²) in [5.74, 6) is -0.0902. The van der Waals surface area contributed by atoms with Crippen LogP contribution in [0.1, 0.15) is 10.4 Å². The predicted molar refractivity (Wildman–Crippen MR) is 74.0 cm³/mol. The Morgan fingerprint density at radius 2 is 2.11 bits per heavy atom. The van der Waals surface area contributed by atoms with Gasteiger partial charge in [0.15, 0.2) is 0 Å². The van der Waals surface area contributed by atoms with Crippen LogP contribution in [-0.4, -0.2) is 10.9 Å². The van der Waals surface area contributed by atoms with Gasteiger partial charge in [0.1, 0.15) is 0 Å². The number of carbonyl (C=O) groups excluding carboxylic acids is 1. The third-order valence-corrected chi connectivity index (χ3v) is 3.36. The van der Waals surface area contributed by atoms with Crippen LogP contribution in [0.4, 0.5) is 5.69 Å². The van der Waals surface area contributed by atoms with Gasteiger partial charge < -0.3 is 5.32 Å². The molecule has 0 aliphatic rings. The van der Waals surface area contributed by atoms with Gasteiger partial charge in [0.2, 0.25) is 0 Å². The summed E-state index contributed by atoms with van der Waals surface area (Å²) in [6.07, 6.45) is 1.74. The van der Waals surface area contributed by atoms with Crippen LogP contribution < -0.4 is 5.32 Å². The standard InChI is InChI=1S/C14H10N2OS/c17-14(10-6-8-18-9-10)16-13-5-1-4-12-11(13)3-2-7-15-12/h1-9H,(H,16,17). The maximum Gasteiger partial charge on any atom is 0.256 e. The lowest BCUT2D eigenvalue weighted by Gasteiger charge is -2.07. The van der Waals surface area contributed by atoms with Crippen molar-refractivity contribution in [2.75, 3.05) is 5.32 Å². The van der Waals surface area contributed by atoms with Crippen molar-refractivity contribution in [2.24, 2.45) is 0 Å². The Balaban J connectivity index is 1.98. The lowest BCUT2D eigenvalue weighted by molar-refractivity contribution is 0.102. The van der Waals surface area contributed by atoms with Crippen LogP contribution in [0.25, 0.3) is 10.9 Å². The summed E-state index contributed by atoms with van der Waals surface area (Å²) in [6.45, 7) is 0. The van der Waals surface area contributed by atoms with Crippen molar-refractivity contribution >= 4 is 33.8 Å². The molecule has 0 aliphatic heterocycles. The molecule has 1 aromatic carbocycles. The van der Waals surface area contributed by atoms with E-state index in [9.17, 15) is 4.79 Å². The number of nitrogens with one attached hydrogen (secondary N) is 1. The number of aromatic nitrogens is 1. The molecule has 0 unspecified atom stereocenters. The van der Waals surface area contributed by atoms with Gasteiger partial charge in [-0.2, -0.15) is 11.3 Å². The fraction of sp³-hybridized carbons (Fsp3) is 0. The average molecular weight is 254 g/mol. The van der Waals surface area contributed by atoms with E-state index in [4.69, 9.17) is 0 Å². The van der Waals surface area contributed by atoms with Crippen LogP contribution in [0, 0.1) is 0 Å². The van der Waals surface area contributed by atoms with E-state index in [1.165, 1.54) is 11.3 Å². The van der Waals surface area contributed by atoms with Crippen molar-refractivity contribution in [3.05, 3.63) is 58.9 Å². The van der Waals surface area contributed by atoms with Gasteiger partial charge in [-0.05, 0) is 35.7 Å². The third-order valence-electron chi connectivity index (χ3n) is 2.68. The van der Waals surface area contributed by atoms with Gasteiger partial charge in [-0.1, -0.05) is 6.07 Å². The summed E-state index contributed by atoms with van der Waals surface area (Å²) in [5, 5.41) is 7.58. The van der Waals surface area contributed by atoms with Crippen molar-refractivity contribution in [3.8, 4) is 0 Å². The molecule has 3 nitrogen and oxygen atoms in total. The number of carbonyl (C=O) groups is 1. The zero-order valence-electron chi connectivity index (χ0n) is 9.46. The lowest BCUT2D eigenvalue weighted by Crippen LogP contribution is -2.11. The summed E-state index contributed by atoms with van der Waals surface area (Å²) in [6, 6.07) is 11.3.